The molecular formula is C14H15F3O3. The van der Waals surface area contributed by atoms with E-state index in [0.29, 0.717) is 11.1 Å². The van der Waals surface area contributed by atoms with Crippen molar-refractivity contribution in [2.24, 2.45) is 0 Å². The Hall–Kier alpha value is -1.56. The maximum atomic E-state index is 12.8. The molecule has 1 N–H and O–H groups in total. The first-order valence-electron chi connectivity index (χ1n) is 6.10. The third-order valence-electron chi connectivity index (χ3n) is 3.95. The van der Waals surface area contributed by atoms with Crippen molar-refractivity contribution in [1.82, 2.24) is 0 Å². The van der Waals surface area contributed by atoms with Crippen LogP contribution in [0.5, 0.6) is 0 Å². The van der Waals surface area contributed by atoms with Gasteiger partial charge >= 0.3 is 12.1 Å². The predicted molar refractivity (Wildman–Crippen MR) is 65.1 cm³/mol. The number of esters is 1. The Balaban J connectivity index is 2.44. The second-order valence-electron chi connectivity index (χ2n) is 5.27. The Morgan fingerprint density at radius 1 is 1.30 bits per heavy atom. The van der Waals surface area contributed by atoms with Crippen LogP contribution in [0, 0.1) is 6.92 Å². The van der Waals surface area contributed by atoms with Gasteiger partial charge in [0, 0.05) is 12.8 Å². The fourth-order valence-electron chi connectivity index (χ4n) is 2.90. The number of carbonyl (C=O) groups excluding carboxylic acids is 1. The number of hydrogen-bond acceptors (Lipinski definition) is 3. The zero-order chi connectivity index (χ0) is 15.2. The standard InChI is InChI=1S/C14H15F3O3/c1-9-5-3-4-6-10(9)12(11(18)20-2)7-13(19,8-12)14(15,16)17/h3-6,19H,7-8H2,1-2H3. The van der Waals surface area contributed by atoms with E-state index in [1.165, 1.54) is 0 Å². The van der Waals surface area contributed by atoms with Crippen LogP contribution in [0.25, 0.3) is 0 Å². The summed E-state index contributed by atoms with van der Waals surface area (Å²) >= 11 is 0. The molecule has 0 atom stereocenters. The number of aryl methyl sites for hydroxylation is 1. The van der Waals surface area contributed by atoms with Crippen LogP contribution < -0.4 is 0 Å². The van der Waals surface area contributed by atoms with Gasteiger partial charge in [0.15, 0.2) is 5.60 Å². The van der Waals surface area contributed by atoms with Crippen LogP contribution >= 0.6 is 0 Å². The molecule has 0 radical (unpaired) electrons. The lowest BCUT2D eigenvalue weighted by atomic mass is 9.55. The molecule has 110 valence electrons. The average Bonchev–Trinajstić information content (AvgIpc) is 2.33. The number of benzene rings is 1. The van der Waals surface area contributed by atoms with Gasteiger partial charge < -0.3 is 9.84 Å². The Morgan fingerprint density at radius 2 is 1.85 bits per heavy atom. The summed E-state index contributed by atoms with van der Waals surface area (Å²) in [6.45, 7) is 1.71. The van der Waals surface area contributed by atoms with E-state index in [4.69, 9.17) is 0 Å². The molecule has 1 aromatic carbocycles. The normalized spacial score (nSPS) is 29.7. The lowest BCUT2D eigenvalue weighted by molar-refractivity contribution is -0.303. The van der Waals surface area contributed by atoms with Crippen molar-refractivity contribution in [2.75, 3.05) is 7.11 Å². The summed E-state index contributed by atoms with van der Waals surface area (Å²) in [7, 11) is 1.13. The molecule has 1 aliphatic carbocycles. The number of methoxy groups -OCH3 is 1. The van der Waals surface area contributed by atoms with Gasteiger partial charge in [0.25, 0.3) is 0 Å². The summed E-state index contributed by atoms with van der Waals surface area (Å²) in [4.78, 5) is 12.0. The van der Waals surface area contributed by atoms with Gasteiger partial charge in [0.2, 0.25) is 0 Å². The highest BCUT2D eigenvalue weighted by atomic mass is 19.4. The lowest BCUT2D eigenvalue weighted by Crippen LogP contribution is -2.65. The van der Waals surface area contributed by atoms with Crippen LogP contribution in [-0.4, -0.2) is 30.0 Å². The first-order chi connectivity index (χ1) is 9.16. The number of halogens is 3. The molecule has 1 saturated carbocycles. The molecule has 0 saturated heterocycles. The summed E-state index contributed by atoms with van der Waals surface area (Å²) in [5, 5.41) is 9.65. The van der Waals surface area contributed by atoms with Gasteiger partial charge in [0.1, 0.15) is 0 Å². The molecule has 0 aromatic heterocycles. The van der Waals surface area contributed by atoms with E-state index in [0.717, 1.165) is 7.11 Å². The van der Waals surface area contributed by atoms with Gasteiger partial charge in [-0.3, -0.25) is 4.79 Å². The molecule has 0 heterocycles. The molecule has 6 heteroatoms. The molecule has 3 nitrogen and oxygen atoms in total. The van der Waals surface area contributed by atoms with E-state index in [-0.39, 0.29) is 0 Å². The molecule has 0 amide bonds. The molecule has 1 aromatic rings. The molecule has 0 aliphatic heterocycles. The minimum absolute atomic E-state index is 0.473. The van der Waals surface area contributed by atoms with Crippen LogP contribution in [-0.2, 0) is 14.9 Å². The second-order valence-corrected chi connectivity index (χ2v) is 5.27. The number of hydrogen-bond donors (Lipinski definition) is 1. The Kier molecular flexibility index (Phi) is 3.32. The molecule has 2 rings (SSSR count). The zero-order valence-corrected chi connectivity index (χ0v) is 11.1. The van der Waals surface area contributed by atoms with Crippen LogP contribution in [0.4, 0.5) is 13.2 Å². The Labute approximate surface area is 114 Å². The average molecular weight is 288 g/mol. The minimum atomic E-state index is -4.76. The van der Waals surface area contributed by atoms with E-state index >= 15 is 0 Å². The SMILES string of the molecule is COC(=O)C1(c2ccccc2C)CC(O)(C(F)(F)F)C1. The first-order valence-corrected chi connectivity index (χ1v) is 6.10. The van der Waals surface area contributed by atoms with Gasteiger partial charge in [0.05, 0.1) is 12.5 Å². The van der Waals surface area contributed by atoms with E-state index in [1.54, 1.807) is 31.2 Å². The number of alkyl halides is 3. The molecule has 0 spiro atoms. The van der Waals surface area contributed by atoms with Crippen molar-refractivity contribution < 1.29 is 27.8 Å². The van der Waals surface area contributed by atoms with Crippen LogP contribution in [0.3, 0.4) is 0 Å². The molecule has 1 aliphatic rings. The van der Waals surface area contributed by atoms with Crippen molar-refractivity contribution in [3.8, 4) is 0 Å². The van der Waals surface area contributed by atoms with Crippen molar-refractivity contribution in [1.29, 1.82) is 0 Å². The highest BCUT2D eigenvalue weighted by molar-refractivity contribution is 5.85. The Morgan fingerprint density at radius 3 is 2.30 bits per heavy atom. The number of carbonyl (C=O) groups is 1. The fraction of sp³-hybridized carbons (Fsp3) is 0.500. The Bertz CT molecular complexity index is 531. The van der Waals surface area contributed by atoms with Crippen molar-refractivity contribution in [2.45, 2.75) is 37.0 Å². The smallest absolute Gasteiger partial charge is 0.417 e. The molecular weight excluding hydrogens is 273 g/mol. The molecule has 0 bridgehead atoms. The highest BCUT2D eigenvalue weighted by Gasteiger charge is 2.70. The van der Waals surface area contributed by atoms with E-state index in [9.17, 15) is 23.1 Å². The third-order valence-corrected chi connectivity index (χ3v) is 3.95. The maximum absolute atomic E-state index is 12.8. The molecule has 0 unspecified atom stereocenters. The van der Waals surface area contributed by atoms with Crippen molar-refractivity contribution in [3.63, 3.8) is 0 Å². The van der Waals surface area contributed by atoms with Gasteiger partial charge in [-0.25, -0.2) is 0 Å². The summed E-state index contributed by atoms with van der Waals surface area (Å²) in [5.74, 6) is -0.749. The highest BCUT2D eigenvalue weighted by Crippen LogP contribution is 2.57. The minimum Gasteiger partial charge on any atom is -0.468 e. The van der Waals surface area contributed by atoms with Gasteiger partial charge in [-0.1, -0.05) is 24.3 Å². The van der Waals surface area contributed by atoms with Gasteiger partial charge in [-0.05, 0) is 18.1 Å². The lowest BCUT2D eigenvalue weighted by Gasteiger charge is -2.52. The second kappa shape index (κ2) is 4.48. The molecule has 20 heavy (non-hydrogen) atoms. The predicted octanol–water partition coefficient (Wildman–Crippen LogP) is 2.49. The molecule has 1 fully saturated rings. The van der Waals surface area contributed by atoms with Crippen LogP contribution in [0.15, 0.2) is 24.3 Å². The third kappa shape index (κ3) is 1.98. The summed E-state index contributed by atoms with van der Waals surface area (Å²) in [6, 6.07) is 6.70. The van der Waals surface area contributed by atoms with Gasteiger partial charge in [-0.15, -0.1) is 0 Å². The quantitative estimate of drug-likeness (QED) is 0.850. The summed E-state index contributed by atoms with van der Waals surface area (Å²) in [6.07, 6.45) is -6.17. The first kappa shape index (κ1) is 14.8. The maximum Gasteiger partial charge on any atom is 0.417 e. The zero-order valence-electron chi connectivity index (χ0n) is 11.1. The largest absolute Gasteiger partial charge is 0.468 e. The van der Waals surface area contributed by atoms with E-state index < -0.39 is 36.0 Å². The summed E-state index contributed by atoms with van der Waals surface area (Å²) in [5.41, 5.74) is -3.09. The van der Waals surface area contributed by atoms with E-state index in [1.807, 2.05) is 0 Å². The van der Waals surface area contributed by atoms with Crippen molar-refractivity contribution in [3.05, 3.63) is 35.4 Å². The number of ether oxygens (including phenoxy) is 1. The van der Waals surface area contributed by atoms with Crippen molar-refractivity contribution >= 4 is 5.97 Å². The fourth-order valence-corrected chi connectivity index (χ4v) is 2.90. The summed E-state index contributed by atoms with van der Waals surface area (Å²) < 4.78 is 43.1. The van der Waals surface area contributed by atoms with Crippen LogP contribution in [0.1, 0.15) is 24.0 Å². The van der Waals surface area contributed by atoms with Gasteiger partial charge in [-0.2, -0.15) is 13.2 Å². The monoisotopic (exact) mass is 288 g/mol. The van der Waals surface area contributed by atoms with E-state index in [2.05, 4.69) is 4.74 Å². The number of aliphatic hydroxyl groups is 1. The van der Waals surface area contributed by atoms with Crippen LogP contribution in [0.2, 0.25) is 0 Å². The topological polar surface area (TPSA) is 46.5 Å². The number of rotatable bonds is 2.